The van der Waals surface area contributed by atoms with Gasteiger partial charge in [0.05, 0.1) is 6.54 Å². The Morgan fingerprint density at radius 1 is 1.35 bits per heavy atom. The van der Waals surface area contributed by atoms with E-state index in [1.54, 1.807) is 7.05 Å². The van der Waals surface area contributed by atoms with Crippen molar-refractivity contribution in [3.05, 3.63) is 11.6 Å². The molecule has 0 spiro atoms. The Balaban J connectivity index is 1.71. The van der Waals surface area contributed by atoms with Gasteiger partial charge >= 0.3 is 0 Å². The molecule has 1 aromatic rings. The fourth-order valence-corrected chi connectivity index (χ4v) is 2.80. The highest BCUT2D eigenvalue weighted by Gasteiger charge is 2.16. The molecule has 1 aromatic heterocycles. The van der Waals surface area contributed by atoms with Gasteiger partial charge in [-0.25, -0.2) is 0 Å². The molecule has 0 atom stereocenters. The summed E-state index contributed by atoms with van der Waals surface area (Å²) in [4.78, 5) is 4.23. The van der Waals surface area contributed by atoms with Crippen LogP contribution in [0.15, 0.2) is 4.99 Å². The van der Waals surface area contributed by atoms with Crippen molar-refractivity contribution in [3.63, 3.8) is 0 Å². The first-order valence-electron chi connectivity index (χ1n) is 7.19. The van der Waals surface area contributed by atoms with Crippen molar-refractivity contribution in [2.45, 2.75) is 38.8 Å². The van der Waals surface area contributed by atoms with E-state index in [1.807, 2.05) is 11.8 Å². The first-order valence-corrected chi connectivity index (χ1v) is 8.59. The van der Waals surface area contributed by atoms with E-state index in [0.29, 0.717) is 6.54 Å². The Labute approximate surface area is 124 Å². The first-order chi connectivity index (χ1) is 9.85. The maximum absolute atomic E-state index is 4.23. The number of rotatable bonds is 7. The van der Waals surface area contributed by atoms with Crippen molar-refractivity contribution in [2.75, 3.05) is 25.6 Å². The monoisotopic (exact) mass is 296 g/mol. The fourth-order valence-electron chi connectivity index (χ4n) is 2.30. The van der Waals surface area contributed by atoms with Crippen LogP contribution >= 0.6 is 11.8 Å². The largest absolute Gasteiger partial charge is 0.356 e. The summed E-state index contributed by atoms with van der Waals surface area (Å²) in [7, 11) is 1.80. The number of aliphatic imine (C=N–C) groups is 1. The Hall–Kier alpha value is -1.24. The van der Waals surface area contributed by atoms with Crippen molar-refractivity contribution >= 4 is 17.7 Å². The van der Waals surface area contributed by atoms with E-state index >= 15 is 0 Å². The van der Waals surface area contributed by atoms with Gasteiger partial charge in [-0.2, -0.15) is 11.8 Å². The molecule has 20 heavy (non-hydrogen) atoms. The molecule has 0 saturated heterocycles. The number of hydrogen-bond donors (Lipinski definition) is 2. The third-order valence-electron chi connectivity index (χ3n) is 3.39. The smallest absolute Gasteiger partial charge is 0.191 e. The van der Waals surface area contributed by atoms with Crippen LogP contribution in [0.3, 0.4) is 0 Å². The average Bonchev–Trinajstić information content (AvgIpc) is 3.06. The molecule has 0 aliphatic carbocycles. The molecule has 2 N–H and O–H groups in total. The van der Waals surface area contributed by atoms with Crippen molar-refractivity contribution in [2.24, 2.45) is 4.99 Å². The number of aromatic nitrogens is 3. The van der Waals surface area contributed by atoms with E-state index in [0.717, 1.165) is 37.1 Å². The highest BCUT2D eigenvalue weighted by Crippen LogP contribution is 2.13. The number of nitrogens with one attached hydrogen (secondary N) is 2. The minimum atomic E-state index is 0.678. The molecule has 0 unspecified atom stereocenters. The fraction of sp³-hybridized carbons (Fsp3) is 0.769. The summed E-state index contributed by atoms with van der Waals surface area (Å²) >= 11 is 1.89. The molecule has 112 valence electrons. The zero-order chi connectivity index (χ0) is 14.2. The predicted octanol–water partition coefficient (Wildman–Crippen LogP) is 1.03. The van der Waals surface area contributed by atoms with Gasteiger partial charge in [0, 0.05) is 26.6 Å². The first kappa shape index (κ1) is 15.2. The SMILES string of the molecule is CN=C(NCCCCSC)NCc1nnc2n1CCC2. The van der Waals surface area contributed by atoms with Gasteiger partial charge in [-0.05, 0) is 31.3 Å². The van der Waals surface area contributed by atoms with E-state index in [4.69, 9.17) is 0 Å². The van der Waals surface area contributed by atoms with E-state index in [1.165, 1.54) is 25.0 Å². The number of nitrogens with zero attached hydrogens (tertiary/aromatic N) is 4. The number of unbranched alkanes of at least 4 members (excludes halogenated alkanes) is 1. The number of guanidine groups is 1. The molecule has 1 aliphatic rings. The zero-order valence-corrected chi connectivity index (χ0v) is 13.2. The van der Waals surface area contributed by atoms with Crippen LogP contribution in [-0.4, -0.2) is 46.3 Å². The van der Waals surface area contributed by atoms with Crippen LogP contribution in [0.2, 0.25) is 0 Å². The molecule has 2 heterocycles. The summed E-state index contributed by atoms with van der Waals surface area (Å²) in [6.07, 6.45) is 6.78. The Kier molecular flexibility index (Phi) is 6.17. The van der Waals surface area contributed by atoms with Gasteiger partial charge in [-0.3, -0.25) is 4.99 Å². The van der Waals surface area contributed by atoms with Crippen molar-refractivity contribution in [3.8, 4) is 0 Å². The molecule has 2 rings (SSSR count). The lowest BCUT2D eigenvalue weighted by atomic mass is 10.3. The average molecular weight is 296 g/mol. The molecule has 0 fully saturated rings. The van der Waals surface area contributed by atoms with Crippen LogP contribution in [-0.2, 0) is 19.5 Å². The van der Waals surface area contributed by atoms with Gasteiger partial charge in [-0.1, -0.05) is 0 Å². The second-order valence-corrected chi connectivity index (χ2v) is 5.83. The molecule has 0 saturated carbocycles. The van der Waals surface area contributed by atoms with Crippen LogP contribution < -0.4 is 10.6 Å². The van der Waals surface area contributed by atoms with E-state index in [9.17, 15) is 0 Å². The molecular weight excluding hydrogens is 272 g/mol. The summed E-state index contributed by atoms with van der Waals surface area (Å²) < 4.78 is 2.21. The van der Waals surface area contributed by atoms with Gasteiger partial charge in [0.1, 0.15) is 5.82 Å². The van der Waals surface area contributed by atoms with E-state index < -0.39 is 0 Å². The molecule has 0 bridgehead atoms. The lowest BCUT2D eigenvalue weighted by Crippen LogP contribution is -2.37. The summed E-state index contributed by atoms with van der Waals surface area (Å²) in [6.45, 7) is 2.68. The minimum Gasteiger partial charge on any atom is -0.356 e. The maximum atomic E-state index is 4.23. The number of hydrogen-bond acceptors (Lipinski definition) is 4. The standard InChI is InChI=1S/C13H24N6S/c1-14-13(15-7-3-4-9-20-2)16-10-12-18-17-11-6-5-8-19(11)12/h3-10H2,1-2H3,(H2,14,15,16). The van der Waals surface area contributed by atoms with Gasteiger partial charge in [0.25, 0.3) is 0 Å². The van der Waals surface area contributed by atoms with Crippen LogP contribution in [0.1, 0.15) is 30.9 Å². The highest BCUT2D eigenvalue weighted by atomic mass is 32.2. The zero-order valence-electron chi connectivity index (χ0n) is 12.4. The van der Waals surface area contributed by atoms with Gasteiger partial charge < -0.3 is 15.2 Å². The van der Waals surface area contributed by atoms with Gasteiger partial charge in [0.2, 0.25) is 0 Å². The number of thioether (sulfide) groups is 1. The lowest BCUT2D eigenvalue weighted by Gasteiger charge is -2.11. The second-order valence-electron chi connectivity index (χ2n) is 4.84. The Morgan fingerprint density at radius 3 is 3.05 bits per heavy atom. The summed E-state index contributed by atoms with van der Waals surface area (Å²) in [5.74, 6) is 4.17. The summed E-state index contributed by atoms with van der Waals surface area (Å²) in [6, 6.07) is 0. The minimum absolute atomic E-state index is 0.678. The van der Waals surface area contributed by atoms with Crippen molar-refractivity contribution < 1.29 is 0 Å². The van der Waals surface area contributed by atoms with Gasteiger partial charge in [-0.15, -0.1) is 10.2 Å². The van der Waals surface area contributed by atoms with E-state index in [2.05, 4.69) is 36.6 Å². The normalized spacial score (nSPS) is 14.4. The Morgan fingerprint density at radius 2 is 2.25 bits per heavy atom. The van der Waals surface area contributed by atoms with Crippen molar-refractivity contribution in [1.29, 1.82) is 0 Å². The molecule has 0 radical (unpaired) electrons. The topological polar surface area (TPSA) is 67.1 Å². The van der Waals surface area contributed by atoms with Gasteiger partial charge in [0.15, 0.2) is 11.8 Å². The summed E-state index contributed by atoms with van der Waals surface area (Å²) in [5, 5.41) is 15.1. The molecule has 6 nitrogen and oxygen atoms in total. The van der Waals surface area contributed by atoms with Crippen LogP contribution in [0, 0.1) is 0 Å². The lowest BCUT2D eigenvalue weighted by molar-refractivity contribution is 0.659. The highest BCUT2D eigenvalue weighted by molar-refractivity contribution is 7.98. The summed E-state index contributed by atoms with van der Waals surface area (Å²) in [5.41, 5.74) is 0. The van der Waals surface area contributed by atoms with Crippen LogP contribution in [0.25, 0.3) is 0 Å². The molecule has 0 amide bonds. The number of fused-ring (bicyclic) bond motifs is 1. The Bertz CT molecular complexity index is 442. The quantitative estimate of drug-likeness (QED) is 0.447. The van der Waals surface area contributed by atoms with Crippen LogP contribution in [0.4, 0.5) is 0 Å². The molecular formula is C13H24N6S. The maximum Gasteiger partial charge on any atom is 0.191 e. The molecule has 0 aromatic carbocycles. The molecule has 1 aliphatic heterocycles. The second kappa shape index (κ2) is 8.14. The van der Waals surface area contributed by atoms with E-state index in [-0.39, 0.29) is 0 Å². The molecule has 7 heteroatoms. The number of aryl methyl sites for hydroxylation is 1. The third-order valence-corrected chi connectivity index (χ3v) is 4.09. The van der Waals surface area contributed by atoms with Crippen molar-refractivity contribution in [1.82, 2.24) is 25.4 Å². The van der Waals surface area contributed by atoms with Crippen LogP contribution in [0.5, 0.6) is 0 Å². The predicted molar refractivity (Wildman–Crippen MR) is 84.2 cm³/mol. The third kappa shape index (κ3) is 4.13.